The van der Waals surface area contributed by atoms with Gasteiger partial charge in [-0.15, -0.1) is 11.3 Å². The number of hydrogen-bond donors (Lipinski definition) is 2. The third kappa shape index (κ3) is 4.32. The van der Waals surface area contributed by atoms with Gasteiger partial charge in [0.05, 0.1) is 19.2 Å². The summed E-state index contributed by atoms with van der Waals surface area (Å²) in [6, 6.07) is 0. The molecule has 0 aliphatic heterocycles. The molecule has 2 aromatic rings. The fourth-order valence-corrected chi connectivity index (χ4v) is 2.23. The van der Waals surface area contributed by atoms with Crippen LogP contribution in [0.25, 0.3) is 0 Å². The quantitative estimate of drug-likeness (QED) is 0.581. The SMILES string of the molecule is COC(=O)Cc1csc(NCCCc2ncn[nH]2)n1. The predicted molar refractivity (Wildman–Crippen MR) is 71.0 cm³/mol. The van der Waals surface area contributed by atoms with Gasteiger partial charge in [-0.2, -0.15) is 5.10 Å². The van der Waals surface area contributed by atoms with Gasteiger partial charge in [0.1, 0.15) is 12.2 Å². The van der Waals surface area contributed by atoms with Gasteiger partial charge in [0.15, 0.2) is 5.13 Å². The van der Waals surface area contributed by atoms with Crippen LogP contribution in [-0.4, -0.2) is 39.8 Å². The first-order valence-electron chi connectivity index (χ1n) is 5.87. The molecule has 7 nitrogen and oxygen atoms in total. The van der Waals surface area contributed by atoms with E-state index in [1.165, 1.54) is 24.8 Å². The van der Waals surface area contributed by atoms with Crippen molar-refractivity contribution in [3.8, 4) is 0 Å². The molecule has 0 aliphatic rings. The molecule has 0 amide bonds. The van der Waals surface area contributed by atoms with Gasteiger partial charge in [0, 0.05) is 18.3 Å². The molecular formula is C11H15N5O2S. The van der Waals surface area contributed by atoms with Crippen molar-refractivity contribution in [2.45, 2.75) is 19.3 Å². The molecule has 2 N–H and O–H groups in total. The average Bonchev–Trinajstić information content (AvgIpc) is 3.06. The number of rotatable bonds is 7. The number of nitrogens with one attached hydrogen (secondary N) is 2. The Balaban J connectivity index is 1.70. The smallest absolute Gasteiger partial charge is 0.311 e. The topological polar surface area (TPSA) is 92.8 Å². The molecule has 2 heterocycles. The van der Waals surface area contributed by atoms with Crippen molar-refractivity contribution in [3.05, 3.63) is 23.2 Å². The van der Waals surface area contributed by atoms with Crippen LogP contribution >= 0.6 is 11.3 Å². The van der Waals surface area contributed by atoms with Gasteiger partial charge in [-0.25, -0.2) is 9.97 Å². The van der Waals surface area contributed by atoms with Crippen molar-refractivity contribution in [1.29, 1.82) is 0 Å². The Morgan fingerprint density at radius 3 is 3.21 bits per heavy atom. The molecule has 19 heavy (non-hydrogen) atoms. The Bertz CT molecular complexity index is 511. The van der Waals surface area contributed by atoms with E-state index in [0.29, 0.717) is 0 Å². The van der Waals surface area contributed by atoms with E-state index in [0.717, 1.165) is 36.0 Å². The number of anilines is 1. The molecule has 2 rings (SSSR count). The second kappa shape index (κ2) is 6.83. The molecule has 0 atom stereocenters. The molecular weight excluding hydrogens is 266 g/mol. The van der Waals surface area contributed by atoms with Crippen molar-refractivity contribution in [2.24, 2.45) is 0 Å². The Labute approximate surface area is 114 Å². The Morgan fingerprint density at radius 2 is 2.47 bits per heavy atom. The van der Waals surface area contributed by atoms with Crippen LogP contribution in [0.5, 0.6) is 0 Å². The third-order valence-electron chi connectivity index (χ3n) is 2.44. The number of nitrogens with zero attached hydrogens (tertiary/aromatic N) is 3. The normalized spacial score (nSPS) is 10.4. The highest BCUT2D eigenvalue weighted by Gasteiger charge is 2.07. The lowest BCUT2D eigenvalue weighted by Crippen LogP contribution is -2.06. The van der Waals surface area contributed by atoms with Crippen LogP contribution in [0.1, 0.15) is 17.9 Å². The van der Waals surface area contributed by atoms with Gasteiger partial charge in [-0.05, 0) is 6.42 Å². The molecule has 2 aromatic heterocycles. The lowest BCUT2D eigenvalue weighted by molar-refractivity contribution is -0.139. The fraction of sp³-hybridized carbons (Fsp3) is 0.455. The van der Waals surface area contributed by atoms with E-state index in [2.05, 4.69) is 30.2 Å². The molecule has 0 aromatic carbocycles. The molecule has 0 bridgehead atoms. The van der Waals surface area contributed by atoms with Crippen molar-refractivity contribution in [1.82, 2.24) is 20.2 Å². The number of ether oxygens (including phenoxy) is 1. The van der Waals surface area contributed by atoms with Crippen molar-refractivity contribution in [2.75, 3.05) is 19.0 Å². The van der Waals surface area contributed by atoms with Crippen LogP contribution in [0.3, 0.4) is 0 Å². The van der Waals surface area contributed by atoms with Crippen LogP contribution in [0.4, 0.5) is 5.13 Å². The first-order valence-corrected chi connectivity index (χ1v) is 6.75. The predicted octanol–water partition coefficient (Wildman–Crippen LogP) is 1.02. The number of H-pyrrole nitrogens is 1. The minimum absolute atomic E-state index is 0.215. The standard InChI is InChI=1S/C11H15N5O2S/c1-18-10(17)5-8-6-19-11(15-8)12-4-2-3-9-13-7-14-16-9/h6-7H,2-5H2,1H3,(H,12,15)(H,13,14,16). The lowest BCUT2D eigenvalue weighted by atomic mass is 10.3. The largest absolute Gasteiger partial charge is 0.469 e. The van der Waals surface area contributed by atoms with Crippen LogP contribution < -0.4 is 5.32 Å². The van der Waals surface area contributed by atoms with Crippen LogP contribution in [-0.2, 0) is 22.4 Å². The van der Waals surface area contributed by atoms with Gasteiger partial charge in [-0.1, -0.05) is 0 Å². The maximum Gasteiger partial charge on any atom is 0.311 e. The van der Waals surface area contributed by atoms with Crippen molar-refractivity contribution in [3.63, 3.8) is 0 Å². The first kappa shape index (κ1) is 13.5. The summed E-state index contributed by atoms with van der Waals surface area (Å²) in [7, 11) is 1.37. The average molecular weight is 281 g/mol. The number of esters is 1. The summed E-state index contributed by atoms with van der Waals surface area (Å²) in [5.74, 6) is 0.606. The third-order valence-corrected chi connectivity index (χ3v) is 3.29. The molecule has 0 aliphatic carbocycles. The van der Waals surface area contributed by atoms with E-state index in [1.54, 1.807) is 0 Å². The number of carbonyl (C=O) groups excluding carboxylic acids is 1. The second-order valence-corrected chi connectivity index (χ2v) is 4.72. The first-order chi connectivity index (χ1) is 9.28. The number of hydrogen-bond acceptors (Lipinski definition) is 7. The summed E-state index contributed by atoms with van der Waals surface area (Å²) in [4.78, 5) is 19.4. The lowest BCUT2D eigenvalue weighted by Gasteiger charge is -2.00. The zero-order valence-corrected chi connectivity index (χ0v) is 11.4. The van der Waals surface area contributed by atoms with Gasteiger partial charge in [0.25, 0.3) is 0 Å². The molecule has 8 heteroatoms. The minimum Gasteiger partial charge on any atom is -0.469 e. The summed E-state index contributed by atoms with van der Waals surface area (Å²) in [6.07, 6.45) is 3.49. The Hall–Kier alpha value is -1.96. The van der Waals surface area contributed by atoms with Gasteiger partial charge in [0.2, 0.25) is 0 Å². The molecule has 0 unspecified atom stereocenters. The summed E-state index contributed by atoms with van der Waals surface area (Å²) in [6.45, 7) is 0.797. The summed E-state index contributed by atoms with van der Waals surface area (Å²) >= 11 is 1.48. The van der Waals surface area contributed by atoms with E-state index in [-0.39, 0.29) is 12.4 Å². The van der Waals surface area contributed by atoms with Crippen molar-refractivity contribution < 1.29 is 9.53 Å². The van der Waals surface area contributed by atoms with E-state index >= 15 is 0 Å². The number of aryl methyl sites for hydroxylation is 1. The summed E-state index contributed by atoms with van der Waals surface area (Å²) < 4.78 is 4.59. The highest BCUT2D eigenvalue weighted by molar-refractivity contribution is 7.13. The van der Waals surface area contributed by atoms with Crippen LogP contribution in [0.15, 0.2) is 11.7 Å². The number of thiazole rings is 1. The molecule has 102 valence electrons. The maximum atomic E-state index is 11.1. The number of carbonyl (C=O) groups is 1. The molecule has 0 spiro atoms. The Kier molecular flexibility index (Phi) is 4.85. The molecule has 0 saturated heterocycles. The van der Waals surface area contributed by atoms with Crippen LogP contribution in [0, 0.1) is 0 Å². The Morgan fingerprint density at radius 1 is 1.58 bits per heavy atom. The van der Waals surface area contributed by atoms with E-state index in [4.69, 9.17) is 0 Å². The van der Waals surface area contributed by atoms with Gasteiger partial charge < -0.3 is 10.1 Å². The number of aromatic nitrogens is 4. The molecule has 0 radical (unpaired) electrons. The second-order valence-electron chi connectivity index (χ2n) is 3.86. The fourth-order valence-electron chi connectivity index (χ4n) is 1.49. The summed E-state index contributed by atoms with van der Waals surface area (Å²) in [5.41, 5.74) is 0.731. The summed E-state index contributed by atoms with van der Waals surface area (Å²) in [5, 5.41) is 12.5. The van der Waals surface area contributed by atoms with E-state index < -0.39 is 0 Å². The maximum absolute atomic E-state index is 11.1. The zero-order valence-electron chi connectivity index (χ0n) is 10.5. The van der Waals surface area contributed by atoms with Gasteiger partial charge in [-0.3, -0.25) is 9.89 Å². The highest BCUT2D eigenvalue weighted by Crippen LogP contribution is 2.16. The van der Waals surface area contributed by atoms with Crippen LogP contribution in [0.2, 0.25) is 0 Å². The number of methoxy groups -OCH3 is 1. The van der Waals surface area contributed by atoms with E-state index in [1.807, 2.05) is 5.38 Å². The van der Waals surface area contributed by atoms with E-state index in [9.17, 15) is 4.79 Å². The minimum atomic E-state index is -0.276. The van der Waals surface area contributed by atoms with Crippen molar-refractivity contribution >= 4 is 22.4 Å². The molecule has 0 fully saturated rings. The highest BCUT2D eigenvalue weighted by atomic mass is 32.1. The van der Waals surface area contributed by atoms with Gasteiger partial charge >= 0.3 is 5.97 Å². The number of aromatic amines is 1. The zero-order chi connectivity index (χ0) is 13.5. The monoisotopic (exact) mass is 281 g/mol. The molecule has 0 saturated carbocycles.